The van der Waals surface area contributed by atoms with Crippen molar-refractivity contribution < 1.29 is 4.79 Å². The lowest BCUT2D eigenvalue weighted by atomic mass is 10.0. The maximum absolute atomic E-state index is 11.8. The summed E-state index contributed by atoms with van der Waals surface area (Å²) in [4.78, 5) is 16.2. The van der Waals surface area contributed by atoms with Crippen LogP contribution < -0.4 is 5.32 Å². The van der Waals surface area contributed by atoms with E-state index in [2.05, 4.69) is 23.3 Å². The molecule has 92 valence electrons. The Bertz CT molecular complexity index is 366. The van der Waals surface area contributed by atoms with Crippen LogP contribution >= 0.6 is 0 Å². The van der Waals surface area contributed by atoms with Crippen LogP contribution in [-0.4, -0.2) is 23.4 Å². The summed E-state index contributed by atoms with van der Waals surface area (Å²) in [5, 5.41) is 3.35. The number of carbonyl (C=O) groups is 1. The van der Waals surface area contributed by atoms with Crippen molar-refractivity contribution in [1.29, 1.82) is 0 Å². The standard InChI is InChI=1S/C14H20N2O/c1-2-11-5-6-13(16-10-11)9-14(17)8-12-4-3-7-15-12/h5-6,10,12,15H,2-4,7-9H2,1H3. The Morgan fingerprint density at radius 3 is 3.00 bits per heavy atom. The van der Waals surface area contributed by atoms with E-state index in [1.54, 1.807) is 0 Å². The van der Waals surface area contributed by atoms with Crippen LogP contribution in [-0.2, 0) is 17.6 Å². The molecule has 0 spiro atoms. The molecule has 1 unspecified atom stereocenters. The van der Waals surface area contributed by atoms with Crippen LogP contribution in [0.2, 0.25) is 0 Å². The third-order valence-electron chi connectivity index (χ3n) is 3.31. The molecule has 2 heterocycles. The Hall–Kier alpha value is -1.22. The Morgan fingerprint density at radius 2 is 2.41 bits per heavy atom. The Labute approximate surface area is 103 Å². The van der Waals surface area contributed by atoms with Gasteiger partial charge in [-0.3, -0.25) is 9.78 Å². The number of aromatic nitrogens is 1. The average Bonchev–Trinajstić information content (AvgIpc) is 2.82. The quantitative estimate of drug-likeness (QED) is 0.843. The van der Waals surface area contributed by atoms with E-state index in [9.17, 15) is 4.79 Å². The van der Waals surface area contributed by atoms with Gasteiger partial charge in [-0.2, -0.15) is 0 Å². The molecule has 1 saturated heterocycles. The van der Waals surface area contributed by atoms with Gasteiger partial charge in [-0.15, -0.1) is 0 Å². The van der Waals surface area contributed by atoms with E-state index in [0.29, 0.717) is 24.7 Å². The monoisotopic (exact) mass is 232 g/mol. The van der Waals surface area contributed by atoms with E-state index in [1.165, 1.54) is 12.0 Å². The molecule has 0 saturated carbocycles. The number of nitrogens with one attached hydrogen (secondary N) is 1. The van der Waals surface area contributed by atoms with Crippen molar-refractivity contribution in [3.63, 3.8) is 0 Å². The fraction of sp³-hybridized carbons (Fsp3) is 0.571. The second kappa shape index (κ2) is 5.92. The van der Waals surface area contributed by atoms with Crippen LogP contribution in [0.1, 0.15) is 37.4 Å². The second-order valence-electron chi connectivity index (χ2n) is 4.72. The van der Waals surface area contributed by atoms with Crippen LogP contribution in [0.25, 0.3) is 0 Å². The minimum Gasteiger partial charge on any atom is -0.314 e. The molecule has 0 amide bonds. The topological polar surface area (TPSA) is 42.0 Å². The normalized spacial score (nSPS) is 19.5. The van der Waals surface area contributed by atoms with Crippen molar-refractivity contribution in [2.24, 2.45) is 0 Å². The third-order valence-corrected chi connectivity index (χ3v) is 3.31. The molecule has 3 heteroatoms. The highest BCUT2D eigenvalue weighted by atomic mass is 16.1. The first-order chi connectivity index (χ1) is 8.28. The molecule has 1 N–H and O–H groups in total. The molecule has 0 radical (unpaired) electrons. The number of pyridine rings is 1. The number of ketones is 1. The minimum atomic E-state index is 0.293. The molecule has 1 aromatic heterocycles. The second-order valence-corrected chi connectivity index (χ2v) is 4.72. The van der Waals surface area contributed by atoms with Gasteiger partial charge in [0.25, 0.3) is 0 Å². The summed E-state index contributed by atoms with van der Waals surface area (Å²) in [6.45, 7) is 3.16. The first-order valence-electron chi connectivity index (χ1n) is 6.47. The molecule has 2 rings (SSSR count). The molecule has 0 bridgehead atoms. The molecule has 0 aromatic carbocycles. The van der Waals surface area contributed by atoms with E-state index >= 15 is 0 Å². The summed E-state index contributed by atoms with van der Waals surface area (Å²) in [5.41, 5.74) is 2.11. The maximum Gasteiger partial charge on any atom is 0.140 e. The fourth-order valence-electron chi connectivity index (χ4n) is 2.25. The first-order valence-corrected chi connectivity index (χ1v) is 6.47. The van der Waals surface area contributed by atoms with Gasteiger partial charge in [-0.1, -0.05) is 13.0 Å². The maximum atomic E-state index is 11.8. The van der Waals surface area contributed by atoms with Gasteiger partial charge in [-0.05, 0) is 37.4 Å². The van der Waals surface area contributed by atoms with E-state index in [0.717, 1.165) is 25.1 Å². The van der Waals surface area contributed by atoms with Gasteiger partial charge in [0.05, 0.1) is 0 Å². The molecule has 17 heavy (non-hydrogen) atoms. The van der Waals surface area contributed by atoms with Crippen molar-refractivity contribution in [3.8, 4) is 0 Å². The van der Waals surface area contributed by atoms with Crippen molar-refractivity contribution in [1.82, 2.24) is 10.3 Å². The predicted octanol–water partition coefficient (Wildman–Crippen LogP) is 1.90. The van der Waals surface area contributed by atoms with Crippen LogP contribution in [0.4, 0.5) is 0 Å². The molecule has 0 aliphatic carbocycles. The predicted molar refractivity (Wildman–Crippen MR) is 68.0 cm³/mol. The van der Waals surface area contributed by atoms with Crippen molar-refractivity contribution in [3.05, 3.63) is 29.6 Å². The lowest BCUT2D eigenvalue weighted by Gasteiger charge is -2.08. The van der Waals surface area contributed by atoms with Crippen molar-refractivity contribution in [2.45, 2.75) is 45.1 Å². The highest BCUT2D eigenvalue weighted by Gasteiger charge is 2.17. The van der Waals surface area contributed by atoms with Gasteiger partial charge >= 0.3 is 0 Å². The molecule has 1 aromatic rings. The minimum absolute atomic E-state index is 0.293. The summed E-state index contributed by atoms with van der Waals surface area (Å²) in [5.74, 6) is 0.293. The van der Waals surface area contributed by atoms with Gasteiger partial charge in [0.15, 0.2) is 0 Å². The average molecular weight is 232 g/mol. The number of hydrogen-bond donors (Lipinski definition) is 1. The summed E-state index contributed by atoms with van der Waals surface area (Å²) >= 11 is 0. The molecule has 3 nitrogen and oxygen atoms in total. The lowest BCUT2D eigenvalue weighted by Crippen LogP contribution is -2.25. The fourth-order valence-corrected chi connectivity index (χ4v) is 2.25. The number of hydrogen-bond acceptors (Lipinski definition) is 3. The number of carbonyl (C=O) groups excluding carboxylic acids is 1. The lowest BCUT2D eigenvalue weighted by molar-refractivity contribution is -0.118. The van der Waals surface area contributed by atoms with E-state index < -0.39 is 0 Å². The molecular weight excluding hydrogens is 212 g/mol. The Morgan fingerprint density at radius 1 is 1.53 bits per heavy atom. The van der Waals surface area contributed by atoms with Crippen LogP contribution in [0, 0.1) is 0 Å². The SMILES string of the molecule is CCc1ccc(CC(=O)CC2CCCN2)nc1. The number of Topliss-reactive ketones (excluding diaryl/α,β-unsaturated/α-hetero) is 1. The van der Waals surface area contributed by atoms with Crippen LogP contribution in [0.3, 0.4) is 0 Å². The van der Waals surface area contributed by atoms with E-state index in [4.69, 9.17) is 0 Å². The zero-order valence-electron chi connectivity index (χ0n) is 10.4. The highest BCUT2D eigenvalue weighted by molar-refractivity contribution is 5.81. The van der Waals surface area contributed by atoms with Gasteiger partial charge < -0.3 is 5.32 Å². The van der Waals surface area contributed by atoms with E-state index in [-0.39, 0.29) is 0 Å². The Kier molecular flexibility index (Phi) is 4.26. The van der Waals surface area contributed by atoms with Gasteiger partial charge in [0, 0.05) is 30.8 Å². The molecular formula is C14H20N2O. The zero-order chi connectivity index (χ0) is 12.1. The van der Waals surface area contributed by atoms with Gasteiger partial charge in [-0.25, -0.2) is 0 Å². The molecule has 1 aliphatic heterocycles. The third kappa shape index (κ3) is 3.63. The first kappa shape index (κ1) is 12.2. The molecule has 1 aliphatic rings. The summed E-state index contributed by atoms with van der Waals surface area (Å²) in [6, 6.07) is 4.43. The summed E-state index contributed by atoms with van der Waals surface area (Å²) in [7, 11) is 0. The number of aryl methyl sites for hydroxylation is 1. The number of rotatable bonds is 5. The van der Waals surface area contributed by atoms with Crippen molar-refractivity contribution in [2.75, 3.05) is 6.54 Å². The summed E-state index contributed by atoms with van der Waals surface area (Å²) < 4.78 is 0. The van der Waals surface area contributed by atoms with Crippen LogP contribution in [0.5, 0.6) is 0 Å². The van der Waals surface area contributed by atoms with Crippen LogP contribution in [0.15, 0.2) is 18.3 Å². The largest absolute Gasteiger partial charge is 0.314 e. The Balaban J connectivity index is 1.84. The highest BCUT2D eigenvalue weighted by Crippen LogP contribution is 2.11. The smallest absolute Gasteiger partial charge is 0.140 e. The summed E-state index contributed by atoms with van der Waals surface area (Å²) in [6.07, 6.45) is 6.32. The van der Waals surface area contributed by atoms with Gasteiger partial charge in [0.2, 0.25) is 0 Å². The molecule has 1 atom stereocenters. The van der Waals surface area contributed by atoms with Gasteiger partial charge in [0.1, 0.15) is 5.78 Å². The number of nitrogens with zero attached hydrogens (tertiary/aromatic N) is 1. The molecule has 1 fully saturated rings. The van der Waals surface area contributed by atoms with Crippen molar-refractivity contribution >= 4 is 5.78 Å². The van der Waals surface area contributed by atoms with E-state index in [1.807, 2.05) is 12.3 Å². The zero-order valence-corrected chi connectivity index (χ0v) is 10.4.